The van der Waals surface area contributed by atoms with Gasteiger partial charge in [0.15, 0.2) is 29.7 Å². The predicted octanol–water partition coefficient (Wildman–Crippen LogP) is 8.38. The summed E-state index contributed by atoms with van der Waals surface area (Å²) in [5, 5.41) is 3.62. The summed E-state index contributed by atoms with van der Waals surface area (Å²) < 4.78 is 11.8. The van der Waals surface area contributed by atoms with Gasteiger partial charge in [0.05, 0.1) is 21.7 Å². The number of nitrogens with one attached hydrogen (secondary N) is 1. The number of Topliss-reactive ketones (excluding diaryl/α,β-unsaturated/α-hetero) is 2. The van der Waals surface area contributed by atoms with Crippen LogP contribution < -0.4 is 14.8 Å². The number of benzene rings is 2. The van der Waals surface area contributed by atoms with E-state index in [9.17, 15) is 14.4 Å². The molecule has 234 valence electrons. The molecule has 0 atom stereocenters. The molecule has 0 spiro atoms. The summed E-state index contributed by atoms with van der Waals surface area (Å²) >= 11 is 18.9. The smallest absolute Gasteiger partial charge is 0.262 e. The number of amides is 1. The lowest BCUT2D eigenvalue weighted by atomic mass is 9.63. The third-order valence-corrected chi connectivity index (χ3v) is 9.42. The fourth-order valence-electron chi connectivity index (χ4n) is 6.56. The molecule has 2 aromatic carbocycles. The Morgan fingerprint density at radius 2 is 1.45 bits per heavy atom. The van der Waals surface area contributed by atoms with Crippen LogP contribution in [-0.4, -0.2) is 42.6 Å². The molecule has 3 aliphatic rings. The van der Waals surface area contributed by atoms with Crippen molar-refractivity contribution in [3.8, 4) is 11.5 Å². The highest BCUT2D eigenvalue weighted by Gasteiger charge is 2.48. The Kier molecular flexibility index (Phi) is 8.89. The van der Waals surface area contributed by atoms with Crippen molar-refractivity contribution in [2.45, 2.75) is 66.2 Å². The van der Waals surface area contributed by atoms with E-state index in [0.717, 1.165) is 11.4 Å². The summed E-state index contributed by atoms with van der Waals surface area (Å²) in [6, 6.07) is 8.27. The summed E-state index contributed by atoms with van der Waals surface area (Å²) in [5.41, 5.74) is 3.94. The molecule has 1 heterocycles. The molecule has 0 fully saturated rings. The molecular formula is C34H37Cl3N2O5. The van der Waals surface area contributed by atoms with Crippen molar-refractivity contribution in [1.29, 1.82) is 0 Å². The molecule has 0 aromatic heterocycles. The maximum atomic E-state index is 13.8. The topological polar surface area (TPSA) is 84.9 Å². The van der Waals surface area contributed by atoms with Crippen LogP contribution in [-0.2, 0) is 14.4 Å². The first-order valence-corrected chi connectivity index (χ1v) is 15.8. The van der Waals surface area contributed by atoms with E-state index >= 15 is 0 Å². The van der Waals surface area contributed by atoms with Gasteiger partial charge in [0.2, 0.25) is 0 Å². The van der Waals surface area contributed by atoms with Gasteiger partial charge in [-0.25, -0.2) is 0 Å². The second-order valence-corrected chi connectivity index (χ2v) is 14.5. The molecule has 1 aliphatic heterocycles. The molecule has 5 rings (SSSR count). The van der Waals surface area contributed by atoms with Crippen molar-refractivity contribution in [2.75, 3.05) is 25.6 Å². The molecule has 44 heavy (non-hydrogen) atoms. The van der Waals surface area contributed by atoms with Crippen LogP contribution in [0.5, 0.6) is 11.5 Å². The van der Waals surface area contributed by atoms with E-state index in [-0.39, 0.29) is 39.8 Å². The van der Waals surface area contributed by atoms with Crippen LogP contribution in [0.1, 0.15) is 71.8 Å². The molecular weight excluding hydrogens is 623 g/mol. The third-order valence-electron chi connectivity index (χ3n) is 8.40. The van der Waals surface area contributed by atoms with Crippen molar-refractivity contribution in [3.05, 3.63) is 73.5 Å². The van der Waals surface area contributed by atoms with E-state index in [0.29, 0.717) is 70.5 Å². The number of carbonyl (C=O) groups excluding carboxylic acids is 3. The van der Waals surface area contributed by atoms with Crippen LogP contribution >= 0.6 is 34.8 Å². The molecule has 0 unspecified atom stereocenters. The maximum Gasteiger partial charge on any atom is 0.262 e. The quantitative estimate of drug-likeness (QED) is 0.322. The van der Waals surface area contributed by atoms with Crippen molar-refractivity contribution in [3.63, 3.8) is 0 Å². The van der Waals surface area contributed by atoms with Gasteiger partial charge in [-0.05, 0) is 66.5 Å². The van der Waals surface area contributed by atoms with E-state index in [1.807, 2.05) is 14.0 Å². The number of ether oxygens (including phenoxy) is 2. The van der Waals surface area contributed by atoms with E-state index in [2.05, 4.69) is 37.9 Å². The number of hydrogen-bond acceptors (Lipinski definition) is 6. The Bertz CT molecular complexity index is 1570. The first-order chi connectivity index (χ1) is 20.6. The normalized spacial score (nSPS) is 19.5. The van der Waals surface area contributed by atoms with Crippen LogP contribution in [0.15, 0.2) is 52.9 Å². The van der Waals surface area contributed by atoms with Gasteiger partial charge in [-0.15, -0.1) is 0 Å². The minimum Gasteiger partial charge on any atom is -0.490 e. The van der Waals surface area contributed by atoms with Crippen molar-refractivity contribution < 1.29 is 23.9 Å². The molecule has 1 amide bonds. The molecule has 2 aromatic rings. The van der Waals surface area contributed by atoms with Crippen molar-refractivity contribution >= 4 is 58.0 Å². The fourth-order valence-corrected chi connectivity index (χ4v) is 7.14. The van der Waals surface area contributed by atoms with Crippen LogP contribution in [0.3, 0.4) is 0 Å². The van der Waals surface area contributed by atoms with Gasteiger partial charge in [-0.2, -0.15) is 0 Å². The highest BCUT2D eigenvalue weighted by atomic mass is 35.5. The standard InChI is InChI=1S/C34H37Cl3N2O5/c1-7-43-27-11-18(10-22(37)32(27)44-17-28(42)38-19-8-9-20(35)21(36)12-19)29-30-23(13-33(2,3)15-25(30)40)39(6)24-14-34(4,5)16-26(41)31(24)29/h8-12,29H,7,13-17H2,1-6H3,(H,38,42). The molecule has 1 N–H and O–H groups in total. The summed E-state index contributed by atoms with van der Waals surface area (Å²) in [6.45, 7) is 10.2. The minimum absolute atomic E-state index is 0.0330. The number of allylic oxidation sites excluding steroid dienone is 4. The third kappa shape index (κ3) is 6.37. The zero-order chi connectivity index (χ0) is 32.1. The Balaban J connectivity index is 1.53. The van der Waals surface area contributed by atoms with Gasteiger partial charge in [-0.1, -0.05) is 62.5 Å². The van der Waals surface area contributed by atoms with E-state index in [1.165, 1.54) is 0 Å². The van der Waals surface area contributed by atoms with Gasteiger partial charge in [0.1, 0.15) is 0 Å². The van der Waals surface area contributed by atoms with Crippen LogP contribution in [0.2, 0.25) is 15.1 Å². The van der Waals surface area contributed by atoms with Gasteiger partial charge in [0, 0.05) is 54.0 Å². The van der Waals surface area contributed by atoms with E-state index < -0.39 is 11.8 Å². The Morgan fingerprint density at radius 3 is 2.00 bits per heavy atom. The minimum atomic E-state index is -0.577. The number of ketones is 2. The number of rotatable bonds is 7. The Hall–Kier alpha value is -3.00. The number of hydrogen-bond donors (Lipinski definition) is 1. The van der Waals surface area contributed by atoms with Crippen molar-refractivity contribution in [1.82, 2.24) is 4.90 Å². The summed E-state index contributed by atoms with van der Waals surface area (Å²) in [5.74, 6) is -0.419. The zero-order valence-electron chi connectivity index (χ0n) is 25.8. The first-order valence-electron chi connectivity index (χ1n) is 14.7. The molecule has 10 heteroatoms. The van der Waals surface area contributed by atoms with Gasteiger partial charge in [0.25, 0.3) is 5.91 Å². The fraction of sp³-hybridized carbons (Fsp3) is 0.441. The molecule has 2 aliphatic carbocycles. The average Bonchev–Trinajstić information content (AvgIpc) is 2.90. The predicted molar refractivity (Wildman–Crippen MR) is 174 cm³/mol. The molecule has 7 nitrogen and oxygen atoms in total. The van der Waals surface area contributed by atoms with Crippen LogP contribution in [0, 0.1) is 10.8 Å². The monoisotopic (exact) mass is 658 g/mol. The second-order valence-electron chi connectivity index (χ2n) is 13.3. The van der Waals surface area contributed by atoms with E-state index in [1.54, 1.807) is 30.3 Å². The van der Waals surface area contributed by atoms with E-state index in [4.69, 9.17) is 44.3 Å². The Labute approximate surface area is 273 Å². The second kappa shape index (κ2) is 12.1. The highest BCUT2D eigenvalue weighted by Crippen LogP contribution is 2.55. The lowest BCUT2D eigenvalue weighted by Crippen LogP contribution is -2.43. The molecule has 0 radical (unpaired) electrons. The number of anilines is 1. The SMILES string of the molecule is CCOc1cc(C2C3=C(CC(C)(C)CC3=O)N(C)C3=C2C(=O)CC(C)(C)C3)cc(Cl)c1OCC(=O)Nc1ccc(Cl)c(Cl)c1. The maximum absolute atomic E-state index is 13.8. The molecule has 0 bridgehead atoms. The average molecular weight is 660 g/mol. The van der Waals surface area contributed by atoms with Gasteiger partial charge < -0.3 is 19.7 Å². The number of halogens is 3. The summed E-state index contributed by atoms with van der Waals surface area (Å²) in [4.78, 5) is 42.5. The first kappa shape index (κ1) is 32.4. The number of nitrogens with zero attached hydrogens (tertiary/aromatic N) is 1. The zero-order valence-corrected chi connectivity index (χ0v) is 28.1. The van der Waals surface area contributed by atoms with Crippen LogP contribution in [0.4, 0.5) is 5.69 Å². The van der Waals surface area contributed by atoms with Crippen LogP contribution in [0.25, 0.3) is 0 Å². The molecule has 0 saturated heterocycles. The van der Waals surface area contributed by atoms with Gasteiger partial charge in [-0.3, -0.25) is 14.4 Å². The summed E-state index contributed by atoms with van der Waals surface area (Å²) in [7, 11) is 1.98. The molecule has 0 saturated carbocycles. The largest absolute Gasteiger partial charge is 0.490 e. The lowest BCUT2D eigenvalue weighted by Gasteiger charge is -2.48. The lowest BCUT2D eigenvalue weighted by molar-refractivity contribution is -0.120. The Morgan fingerprint density at radius 1 is 0.864 bits per heavy atom. The summed E-state index contributed by atoms with van der Waals surface area (Å²) in [6.07, 6.45) is 2.21. The number of carbonyl (C=O) groups is 3. The highest BCUT2D eigenvalue weighted by molar-refractivity contribution is 6.42. The van der Waals surface area contributed by atoms with Gasteiger partial charge >= 0.3 is 0 Å². The van der Waals surface area contributed by atoms with Crippen molar-refractivity contribution in [2.24, 2.45) is 10.8 Å².